The van der Waals surface area contributed by atoms with Crippen molar-refractivity contribution >= 4 is 5.91 Å². The van der Waals surface area contributed by atoms with E-state index in [-0.39, 0.29) is 17.5 Å². The molecule has 0 unspecified atom stereocenters. The molecule has 0 aliphatic rings. The van der Waals surface area contributed by atoms with Crippen LogP contribution in [0, 0.1) is 5.82 Å². The van der Waals surface area contributed by atoms with Gasteiger partial charge in [0.1, 0.15) is 11.5 Å². The van der Waals surface area contributed by atoms with E-state index in [2.05, 4.69) is 4.98 Å². The first kappa shape index (κ1) is 19.5. The highest BCUT2D eigenvalue weighted by molar-refractivity contribution is 5.92. The number of aromatic nitrogens is 3. The van der Waals surface area contributed by atoms with Crippen molar-refractivity contribution in [2.75, 3.05) is 0 Å². The smallest absolute Gasteiger partial charge is 0.274 e. The molecule has 3 aromatic rings. The van der Waals surface area contributed by atoms with E-state index in [0.29, 0.717) is 23.4 Å². The van der Waals surface area contributed by atoms with Crippen LogP contribution in [0.3, 0.4) is 0 Å². The van der Waals surface area contributed by atoms with Crippen LogP contribution in [-0.4, -0.2) is 31.0 Å². The zero-order valence-electron chi connectivity index (χ0n) is 16.4. The molecule has 1 aromatic carbocycles. The number of amides is 1. The number of halogens is 1. The minimum Gasteiger partial charge on any atom is -0.340 e. The van der Waals surface area contributed by atoms with E-state index in [4.69, 9.17) is 0 Å². The van der Waals surface area contributed by atoms with E-state index < -0.39 is 5.82 Å². The van der Waals surface area contributed by atoms with Crippen LogP contribution in [0.2, 0.25) is 0 Å². The summed E-state index contributed by atoms with van der Waals surface area (Å²) in [5.41, 5.74) is 1.77. The Hall–Kier alpha value is -3.22. The van der Waals surface area contributed by atoms with Gasteiger partial charge in [-0.05, 0) is 43.2 Å². The number of nitrogens with zero attached hydrogens (tertiary/aromatic N) is 4. The maximum absolute atomic E-state index is 14.4. The van der Waals surface area contributed by atoms with Gasteiger partial charge in [0.05, 0.1) is 6.33 Å². The zero-order chi connectivity index (χ0) is 20.4. The van der Waals surface area contributed by atoms with Crippen LogP contribution >= 0.6 is 0 Å². The summed E-state index contributed by atoms with van der Waals surface area (Å²) in [7, 11) is 3.45. The Kier molecular flexibility index (Phi) is 5.44. The molecular formula is C21H23FN4O2. The predicted molar refractivity (Wildman–Crippen MR) is 105 cm³/mol. The molecule has 0 fully saturated rings. The molecule has 2 aromatic heterocycles. The molecule has 0 saturated heterocycles. The number of pyridine rings is 1. The molecule has 0 N–H and O–H groups in total. The number of hydrogen-bond donors (Lipinski definition) is 0. The predicted octanol–water partition coefficient (Wildman–Crippen LogP) is 2.98. The summed E-state index contributed by atoms with van der Waals surface area (Å²) in [4.78, 5) is 30.6. The average Bonchev–Trinajstić information content (AvgIpc) is 3.09. The lowest BCUT2D eigenvalue weighted by Crippen LogP contribution is -2.36. The minimum atomic E-state index is -0.413. The molecule has 0 bridgehead atoms. The molecule has 146 valence electrons. The Balaban J connectivity index is 1.93. The van der Waals surface area contributed by atoms with Crippen LogP contribution in [-0.2, 0) is 20.6 Å². The van der Waals surface area contributed by atoms with Crippen LogP contribution in [0.15, 0.2) is 53.8 Å². The molecule has 1 amide bonds. The van der Waals surface area contributed by atoms with Gasteiger partial charge in [0.2, 0.25) is 0 Å². The average molecular weight is 382 g/mol. The van der Waals surface area contributed by atoms with Gasteiger partial charge >= 0.3 is 0 Å². The van der Waals surface area contributed by atoms with E-state index in [9.17, 15) is 14.0 Å². The van der Waals surface area contributed by atoms with Crippen LogP contribution < -0.4 is 5.56 Å². The fraction of sp³-hybridized carbons (Fsp3) is 0.286. The van der Waals surface area contributed by atoms with Crippen LogP contribution in [0.1, 0.15) is 29.9 Å². The Morgan fingerprint density at radius 3 is 2.57 bits per heavy atom. The number of carbonyl (C=O) groups excluding carboxylic acids is 1. The molecule has 3 rings (SSSR count). The van der Waals surface area contributed by atoms with E-state index in [1.54, 1.807) is 60.5 Å². The van der Waals surface area contributed by atoms with Crippen molar-refractivity contribution in [3.05, 3.63) is 76.5 Å². The van der Waals surface area contributed by atoms with Gasteiger partial charge in [0, 0.05) is 50.7 Å². The molecule has 0 radical (unpaired) electrons. The molecule has 0 saturated carbocycles. The Morgan fingerprint density at radius 1 is 1.21 bits per heavy atom. The van der Waals surface area contributed by atoms with Crippen molar-refractivity contribution in [1.29, 1.82) is 0 Å². The highest BCUT2D eigenvalue weighted by Crippen LogP contribution is 2.24. The maximum atomic E-state index is 14.4. The number of imidazole rings is 1. The third kappa shape index (κ3) is 4.03. The number of rotatable bonds is 5. The fourth-order valence-electron chi connectivity index (χ4n) is 2.96. The lowest BCUT2D eigenvalue weighted by atomic mass is 10.0. The first-order chi connectivity index (χ1) is 13.3. The van der Waals surface area contributed by atoms with Gasteiger partial charge < -0.3 is 14.0 Å². The quantitative estimate of drug-likeness (QED) is 0.682. The highest BCUT2D eigenvalue weighted by Gasteiger charge is 2.21. The summed E-state index contributed by atoms with van der Waals surface area (Å²) >= 11 is 0. The molecule has 28 heavy (non-hydrogen) atoms. The normalized spacial score (nSPS) is 11.1. The molecule has 7 heteroatoms. The lowest BCUT2D eigenvalue weighted by molar-refractivity contribution is 0.0684. The molecular weight excluding hydrogens is 359 g/mol. The molecule has 0 atom stereocenters. The zero-order valence-corrected chi connectivity index (χ0v) is 16.4. The number of benzene rings is 1. The van der Waals surface area contributed by atoms with Gasteiger partial charge in [0.15, 0.2) is 0 Å². The summed E-state index contributed by atoms with van der Waals surface area (Å²) < 4.78 is 17.6. The number of carbonyl (C=O) groups is 1. The summed E-state index contributed by atoms with van der Waals surface area (Å²) in [6.45, 7) is 4.16. The highest BCUT2D eigenvalue weighted by atomic mass is 19.1. The van der Waals surface area contributed by atoms with E-state index in [0.717, 1.165) is 5.56 Å². The summed E-state index contributed by atoms with van der Waals surface area (Å²) in [6, 6.07) is 7.74. The van der Waals surface area contributed by atoms with Crippen LogP contribution in [0.5, 0.6) is 0 Å². The van der Waals surface area contributed by atoms with Crippen molar-refractivity contribution in [3.8, 4) is 11.1 Å². The largest absolute Gasteiger partial charge is 0.340 e. The number of hydrogen-bond acceptors (Lipinski definition) is 3. The summed E-state index contributed by atoms with van der Waals surface area (Å²) in [6.07, 6.45) is 4.86. The second-order valence-electron chi connectivity index (χ2n) is 7.13. The third-order valence-electron chi connectivity index (χ3n) is 4.61. The maximum Gasteiger partial charge on any atom is 0.274 e. The minimum absolute atomic E-state index is 0.0629. The van der Waals surface area contributed by atoms with Crippen LogP contribution in [0.25, 0.3) is 11.1 Å². The van der Waals surface area contributed by atoms with Gasteiger partial charge in [-0.15, -0.1) is 0 Å². The second-order valence-corrected chi connectivity index (χ2v) is 7.13. The van der Waals surface area contributed by atoms with E-state index in [1.165, 1.54) is 16.7 Å². The molecule has 6 nitrogen and oxygen atoms in total. The van der Waals surface area contributed by atoms with Gasteiger partial charge in [-0.2, -0.15) is 0 Å². The van der Waals surface area contributed by atoms with E-state index in [1.807, 2.05) is 13.8 Å². The van der Waals surface area contributed by atoms with Gasteiger partial charge in [0.25, 0.3) is 11.5 Å². The first-order valence-electron chi connectivity index (χ1n) is 9.00. The number of aryl methyl sites for hydroxylation is 2. The van der Waals surface area contributed by atoms with Gasteiger partial charge in [-0.25, -0.2) is 9.37 Å². The Labute approximate surface area is 162 Å². The standard InChI is InChI=1S/C21H23FN4O2/c1-14(2)26(21(28)19-12-24(3)13-23-19)11-15-5-6-18(22)17(9-15)16-7-8-25(4)20(27)10-16/h5-10,12-14H,11H2,1-4H3. The molecule has 2 heterocycles. The third-order valence-corrected chi connectivity index (χ3v) is 4.61. The van der Waals surface area contributed by atoms with Crippen molar-refractivity contribution in [1.82, 2.24) is 19.0 Å². The van der Waals surface area contributed by atoms with Gasteiger partial charge in [-0.1, -0.05) is 6.07 Å². The summed E-state index contributed by atoms with van der Waals surface area (Å²) in [5.74, 6) is -0.598. The fourth-order valence-corrected chi connectivity index (χ4v) is 2.96. The van der Waals surface area contributed by atoms with Crippen molar-refractivity contribution in [2.45, 2.75) is 26.4 Å². The van der Waals surface area contributed by atoms with E-state index >= 15 is 0 Å². The summed E-state index contributed by atoms with van der Waals surface area (Å²) in [5, 5.41) is 0. The molecule has 0 spiro atoms. The second kappa shape index (κ2) is 7.80. The first-order valence-corrected chi connectivity index (χ1v) is 9.00. The van der Waals surface area contributed by atoms with Crippen LogP contribution in [0.4, 0.5) is 4.39 Å². The topological polar surface area (TPSA) is 60.1 Å². The Morgan fingerprint density at radius 2 is 1.96 bits per heavy atom. The molecule has 0 aliphatic heterocycles. The monoisotopic (exact) mass is 382 g/mol. The Bertz CT molecular complexity index is 1070. The van der Waals surface area contributed by atoms with Crippen molar-refractivity contribution in [3.63, 3.8) is 0 Å². The molecule has 0 aliphatic carbocycles. The van der Waals surface area contributed by atoms with Gasteiger partial charge in [-0.3, -0.25) is 9.59 Å². The lowest BCUT2D eigenvalue weighted by Gasteiger charge is -2.26. The van der Waals surface area contributed by atoms with Crippen molar-refractivity contribution in [2.24, 2.45) is 14.1 Å². The SMILES string of the molecule is CC(C)N(Cc1ccc(F)c(-c2ccn(C)c(=O)c2)c1)C(=O)c1cn(C)cn1. The van der Waals surface area contributed by atoms with Crippen molar-refractivity contribution < 1.29 is 9.18 Å².